The van der Waals surface area contributed by atoms with Crippen molar-refractivity contribution in [2.45, 2.75) is 63.8 Å². The quantitative estimate of drug-likeness (QED) is 0.768. The highest BCUT2D eigenvalue weighted by molar-refractivity contribution is 7.89. The molecule has 2 rings (SSSR count). The first-order valence-electron chi connectivity index (χ1n) is 9.69. The van der Waals surface area contributed by atoms with E-state index in [1.807, 2.05) is 33.8 Å². The lowest BCUT2D eigenvalue weighted by Gasteiger charge is -2.32. The number of ether oxygens (including phenoxy) is 1. The zero-order chi connectivity index (χ0) is 20.2. The van der Waals surface area contributed by atoms with E-state index >= 15 is 0 Å². The fourth-order valence-electron chi connectivity index (χ4n) is 3.23. The molecule has 7 heteroatoms. The van der Waals surface area contributed by atoms with Crippen molar-refractivity contribution in [3.63, 3.8) is 0 Å². The van der Waals surface area contributed by atoms with Crippen LogP contribution in [0.25, 0.3) is 0 Å². The fourth-order valence-corrected chi connectivity index (χ4v) is 4.95. The van der Waals surface area contributed by atoms with E-state index in [4.69, 9.17) is 4.74 Å². The molecule has 0 saturated carbocycles. The molecule has 1 N–H and O–H groups in total. The Bertz CT molecular complexity index is 761. The number of hydrogen-bond donors (Lipinski definition) is 1. The predicted octanol–water partition coefficient (Wildman–Crippen LogP) is 3.13. The lowest BCUT2D eigenvalue weighted by molar-refractivity contribution is -0.126. The zero-order valence-corrected chi connectivity index (χ0v) is 17.8. The number of rotatable bonds is 7. The van der Waals surface area contributed by atoms with Gasteiger partial charge in [-0.05, 0) is 49.8 Å². The number of methoxy groups -OCH3 is 1. The van der Waals surface area contributed by atoms with Crippen molar-refractivity contribution in [1.29, 1.82) is 0 Å². The van der Waals surface area contributed by atoms with Crippen LogP contribution in [0.3, 0.4) is 0 Å². The maximum absolute atomic E-state index is 13.3. The van der Waals surface area contributed by atoms with Gasteiger partial charge in [-0.1, -0.05) is 26.8 Å². The minimum absolute atomic E-state index is 0.0628. The Morgan fingerprint density at radius 2 is 2.04 bits per heavy atom. The third-order valence-corrected chi connectivity index (χ3v) is 7.11. The minimum Gasteiger partial charge on any atom is -0.495 e. The van der Waals surface area contributed by atoms with E-state index in [-0.39, 0.29) is 35.2 Å². The Balaban J connectivity index is 2.28. The molecule has 27 heavy (non-hydrogen) atoms. The van der Waals surface area contributed by atoms with E-state index in [9.17, 15) is 13.2 Å². The van der Waals surface area contributed by atoms with E-state index in [0.29, 0.717) is 25.1 Å². The molecule has 1 heterocycles. The number of carbonyl (C=O) groups is 1. The van der Waals surface area contributed by atoms with Gasteiger partial charge in [0.2, 0.25) is 15.9 Å². The SMILES string of the molecule is CC[C@@H](C)NC(=O)[C@@H]1CCCN(S(=O)(=O)c2cc(C(C)C)ccc2OC)C1. The van der Waals surface area contributed by atoms with Crippen molar-refractivity contribution >= 4 is 15.9 Å². The van der Waals surface area contributed by atoms with Crippen LogP contribution in [0.5, 0.6) is 5.75 Å². The lowest BCUT2D eigenvalue weighted by Crippen LogP contribution is -2.47. The molecule has 0 spiro atoms. The summed E-state index contributed by atoms with van der Waals surface area (Å²) in [5.41, 5.74) is 0.942. The summed E-state index contributed by atoms with van der Waals surface area (Å²) in [4.78, 5) is 12.7. The number of benzene rings is 1. The maximum Gasteiger partial charge on any atom is 0.246 e. The van der Waals surface area contributed by atoms with E-state index < -0.39 is 10.0 Å². The summed E-state index contributed by atoms with van der Waals surface area (Å²) in [6.07, 6.45) is 2.22. The second-order valence-electron chi connectivity index (χ2n) is 7.59. The Hall–Kier alpha value is -1.60. The summed E-state index contributed by atoms with van der Waals surface area (Å²) in [6.45, 7) is 8.64. The Kier molecular flexibility index (Phi) is 7.28. The molecular formula is C20H32N2O4S. The van der Waals surface area contributed by atoms with E-state index in [1.54, 1.807) is 12.1 Å². The molecule has 1 fully saturated rings. The van der Waals surface area contributed by atoms with Gasteiger partial charge in [0.25, 0.3) is 0 Å². The lowest BCUT2D eigenvalue weighted by atomic mass is 9.98. The van der Waals surface area contributed by atoms with Gasteiger partial charge in [0, 0.05) is 19.1 Å². The second kappa shape index (κ2) is 9.06. The van der Waals surface area contributed by atoms with Crippen molar-refractivity contribution in [3.05, 3.63) is 23.8 Å². The third-order valence-electron chi connectivity index (χ3n) is 5.23. The highest BCUT2D eigenvalue weighted by atomic mass is 32.2. The van der Waals surface area contributed by atoms with Gasteiger partial charge in [-0.25, -0.2) is 8.42 Å². The Morgan fingerprint density at radius 1 is 1.33 bits per heavy atom. The summed E-state index contributed by atoms with van der Waals surface area (Å²) in [5, 5.41) is 2.97. The maximum atomic E-state index is 13.3. The topological polar surface area (TPSA) is 75.7 Å². The Morgan fingerprint density at radius 3 is 2.63 bits per heavy atom. The summed E-state index contributed by atoms with van der Waals surface area (Å²) in [5.74, 6) is 0.166. The molecule has 1 aliphatic rings. The first-order chi connectivity index (χ1) is 12.7. The van der Waals surface area contributed by atoms with Crippen LogP contribution >= 0.6 is 0 Å². The molecule has 1 saturated heterocycles. The smallest absolute Gasteiger partial charge is 0.246 e. The van der Waals surface area contributed by atoms with Crippen LogP contribution in [-0.4, -0.2) is 44.9 Å². The molecule has 0 unspecified atom stereocenters. The molecule has 0 bridgehead atoms. The van der Waals surface area contributed by atoms with Gasteiger partial charge in [-0.15, -0.1) is 0 Å². The highest BCUT2D eigenvalue weighted by Crippen LogP contribution is 2.32. The summed E-state index contributed by atoms with van der Waals surface area (Å²) >= 11 is 0. The van der Waals surface area contributed by atoms with Crippen LogP contribution in [0, 0.1) is 5.92 Å². The molecule has 1 aliphatic heterocycles. The van der Waals surface area contributed by atoms with Crippen molar-refractivity contribution in [3.8, 4) is 5.75 Å². The molecule has 0 aromatic heterocycles. The average molecular weight is 397 g/mol. The molecule has 1 amide bonds. The minimum atomic E-state index is -3.73. The highest BCUT2D eigenvalue weighted by Gasteiger charge is 2.35. The second-order valence-corrected chi connectivity index (χ2v) is 9.49. The van der Waals surface area contributed by atoms with Crippen LogP contribution in [-0.2, 0) is 14.8 Å². The van der Waals surface area contributed by atoms with Gasteiger partial charge in [-0.3, -0.25) is 4.79 Å². The number of sulfonamides is 1. The standard InChI is InChI=1S/C20H32N2O4S/c1-6-15(4)21-20(23)17-8-7-11-22(13-17)27(24,25)19-12-16(14(2)3)9-10-18(19)26-5/h9-10,12,14-15,17H,6-8,11,13H2,1-5H3,(H,21,23)/t15-,17-/m1/s1. The number of nitrogens with zero attached hydrogens (tertiary/aromatic N) is 1. The molecular weight excluding hydrogens is 364 g/mol. The number of piperidine rings is 1. The number of hydrogen-bond acceptors (Lipinski definition) is 4. The monoisotopic (exact) mass is 396 g/mol. The molecule has 1 aromatic carbocycles. The fraction of sp³-hybridized carbons (Fsp3) is 0.650. The van der Waals surface area contributed by atoms with E-state index in [0.717, 1.165) is 12.0 Å². The van der Waals surface area contributed by atoms with Crippen LogP contribution in [0.1, 0.15) is 58.4 Å². The normalized spacial score (nSPS) is 19.7. The first kappa shape index (κ1) is 21.7. The zero-order valence-electron chi connectivity index (χ0n) is 17.0. The summed E-state index contributed by atoms with van der Waals surface area (Å²) in [6, 6.07) is 5.38. The van der Waals surface area contributed by atoms with Crippen molar-refractivity contribution in [2.75, 3.05) is 20.2 Å². The van der Waals surface area contributed by atoms with Gasteiger partial charge in [0.15, 0.2) is 0 Å². The predicted molar refractivity (Wildman–Crippen MR) is 106 cm³/mol. The summed E-state index contributed by atoms with van der Waals surface area (Å²) in [7, 11) is -2.26. The van der Waals surface area contributed by atoms with Crippen molar-refractivity contribution in [1.82, 2.24) is 9.62 Å². The van der Waals surface area contributed by atoms with E-state index in [1.165, 1.54) is 11.4 Å². The number of amides is 1. The molecule has 152 valence electrons. The van der Waals surface area contributed by atoms with Crippen LogP contribution < -0.4 is 10.1 Å². The van der Waals surface area contributed by atoms with Gasteiger partial charge in [0.05, 0.1) is 13.0 Å². The molecule has 6 nitrogen and oxygen atoms in total. The van der Waals surface area contributed by atoms with Crippen LogP contribution in [0.2, 0.25) is 0 Å². The van der Waals surface area contributed by atoms with Gasteiger partial charge in [-0.2, -0.15) is 4.31 Å². The first-order valence-corrected chi connectivity index (χ1v) is 11.1. The molecule has 0 aliphatic carbocycles. The van der Waals surface area contributed by atoms with Crippen molar-refractivity contribution < 1.29 is 17.9 Å². The largest absolute Gasteiger partial charge is 0.495 e. The van der Waals surface area contributed by atoms with Gasteiger partial charge < -0.3 is 10.1 Å². The molecule has 2 atom stereocenters. The van der Waals surface area contributed by atoms with Gasteiger partial charge in [0.1, 0.15) is 10.6 Å². The average Bonchev–Trinajstić information content (AvgIpc) is 2.67. The third kappa shape index (κ3) is 5.02. The molecule has 1 aromatic rings. The van der Waals surface area contributed by atoms with Crippen molar-refractivity contribution in [2.24, 2.45) is 5.92 Å². The van der Waals surface area contributed by atoms with Gasteiger partial charge >= 0.3 is 0 Å². The van der Waals surface area contributed by atoms with Crippen LogP contribution in [0.4, 0.5) is 0 Å². The Labute approximate surface area is 163 Å². The number of carbonyl (C=O) groups excluding carboxylic acids is 1. The van der Waals surface area contributed by atoms with E-state index in [2.05, 4.69) is 5.32 Å². The number of nitrogens with one attached hydrogen (secondary N) is 1. The summed E-state index contributed by atoms with van der Waals surface area (Å²) < 4.78 is 33.3. The van der Waals surface area contributed by atoms with Crippen LogP contribution in [0.15, 0.2) is 23.1 Å². The molecule has 0 radical (unpaired) electrons.